The number of nitrogen functional groups attached to an aromatic ring is 1. The van der Waals surface area contributed by atoms with Gasteiger partial charge in [-0.15, -0.1) is 0 Å². The van der Waals surface area contributed by atoms with Gasteiger partial charge in [0.25, 0.3) is 0 Å². The van der Waals surface area contributed by atoms with Crippen LogP contribution in [-0.4, -0.2) is 55.8 Å². The number of aromatic nitrogens is 2. The molecule has 3 rings (SSSR count). The lowest BCUT2D eigenvalue weighted by molar-refractivity contribution is 0.220. The van der Waals surface area contributed by atoms with Crippen LogP contribution in [0, 0.1) is 11.8 Å². The van der Waals surface area contributed by atoms with Crippen LogP contribution in [0.15, 0.2) is 24.4 Å². The molecule has 140 valence electrons. The van der Waals surface area contributed by atoms with Crippen LogP contribution in [0.2, 0.25) is 0 Å². The van der Waals surface area contributed by atoms with E-state index in [0.29, 0.717) is 24.3 Å². The Balaban J connectivity index is 1.85. The molecule has 0 amide bonds. The van der Waals surface area contributed by atoms with E-state index in [0.717, 1.165) is 35.7 Å². The Bertz CT molecular complexity index is 768. The predicted octanol–water partition coefficient (Wildman–Crippen LogP) is 2.35. The zero-order valence-electron chi connectivity index (χ0n) is 15.8. The van der Waals surface area contributed by atoms with Gasteiger partial charge in [0, 0.05) is 37.8 Å². The summed E-state index contributed by atoms with van der Waals surface area (Å²) in [6.07, 6.45) is 1.72. The van der Waals surface area contributed by atoms with Crippen molar-refractivity contribution in [2.24, 2.45) is 11.8 Å². The van der Waals surface area contributed by atoms with E-state index in [9.17, 15) is 0 Å². The lowest BCUT2D eigenvalue weighted by Gasteiger charge is -2.18. The number of hydrogen-bond donors (Lipinski definition) is 2. The molecule has 0 spiro atoms. The van der Waals surface area contributed by atoms with Crippen molar-refractivity contribution in [1.82, 2.24) is 14.9 Å². The van der Waals surface area contributed by atoms with Crippen molar-refractivity contribution in [3.8, 4) is 22.6 Å². The second-order valence-corrected chi connectivity index (χ2v) is 6.88. The van der Waals surface area contributed by atoms with Gasteiger partial charge >= 0.3 is 0 Å². The van der Waals surface area contributed by atoms with Gasteiger partial charge in [-0.1, -0.05) is 13.0 Å². The number of anilines is 2. The van der Waals surface area contributed by atoms with E-state index in [1.807, 2.05) is 25.2 Å². The lowest BCUT2D eigenvalue weighted by atomic mass is 9.99. The van der Waals surface area contributed by atoms with E-state index in [1.54, 1.807) is 13.3 Å². The number of hydrogen-bond acceptors (Lipinski definition) is 7. The molecule has 2 atom stereocenters. The van der Waals surface area contributed by atoms with Gasteiger partial charge in [-0.3, -0.25) is 0 Å². The summed E-state index contributed by atoms with van der Waals surface area (Å²) >= 11 is 0. The van der Waals surface area contributed by atoms with Crippen molar-refractivity contribution in [2.45, 2.75) is 6.92 Å². The molecule has 1 aliphatic heterocycles. The van der Waals surface area contributed by atoms with Crippen molar-refractivity contribution in [2.75, 3.05) is 52.0 Å². The summed E-state index contributed by atoms with van der Waals surface area (Å²) in [5.74, 6) is 3.50. The van der Waals surface area contributed by atoms with E-state index in [2.05, 4.69) is 34.2 Å². The Kier molecular flexibility index (Phi) is 5.46. The predicted molar refractivity (Wildman–Crippen MR) is 104 cm³/mol. The van der Waals surface area contributed by atoms with E-state index >= 15 is 0 Å². The molecule has 26 heavy (non-hydrogen) atoms. The molecule has 2 aromatic rings. The molecular weight excluding hydrogens is 330 g/mol. The summed E-state index contributed by atoms with van der Waals surface area (Å²) in [5, 5.41) is 3.06. The normalized spacial score (nSPS) is 20.2. The molecule has 1 aromatic carbocycles. The van der Waals surface area contributed by atoms with Crippen LogP contribution in [0.5, 0.6) is 11.5 Å². The maximum absolute atomic E-state index is 6.15. The molecular formula is C19H27N5O2. The Morgan fingerprint density at radius 3 is 2.77 bits per heavy atom. The van der Waals surface area contributed by atoms with Gasteiger partial charge in [0.05, 0.1) is 13.7 Å². The molecule has 3 N–H and O–H groups in total. The first-order valence-electron chi connectivity index (χ1n) is 8.81. The number of nitrogens with zero attached hydrogens (tertiary/aromatic N) is 3. The fraction of sp³-hybridized carbons (Fsp3) is 0.474. The minimum atomic E-state index is 0.238. The summed E-state index contributed by atoms with van der Waals surface area (Å²) in [4.78, 5) is 10.7. The Hall–Kier alpha value is -2.54. The smallest absolute Gasteiger partial charge is 0.221 e. The van der Waals surface area contributed by atoms with Crippen LogP contribution < -0.4 is 20.5 Å². The summed E-state index contributed by atoms with van der Waals surface area (Å²) in [6.45, 7) is 5.11. The average Bonchev–Trinajstić information content (AvgIpc) is 2.96. The van der Waals surface area contributed by atoms with Crippen molar-refractivity contribution in [3.63, 3.8) is 0 Å². The van der Waals surface area contributed by atoms with Crippen molar-refractivity contribution in [3.05, 3.63) is 24.4 Å². The summed E-state index contributed by atoms with van der Waals surface area (Å²) in [6, 6.07) is 5.84. The highest BCUT2D eigenvalue weighted by Crippen LogP contribution is 2.35. The maximum Gasteiger partial charge on any atom is 0.221 e. The number of nitrogens with two attached hydrogens (primary N) is 1. The summed E-state index contributed by atoms with van der Waals surface area (Å²) < 4.78 is 11.6. The number of rotatable bonds is 6. The minimum absolute atomic E-state index is 0.238. The standard InChI is InChI=1S/C19H27N5O2/c1-12-9-24(3)10-14(12)11-26-17-7-13(5-6-16(17)25-4)15-8-22-19(20)23-18(15)21-2/h5-8,12,14H,9-11H2,1-4H3,(H3,20,21,22,23)/t12-,14+/m1/s1. The first kappa shape index (κ1) is 18.3. The molecule has 1 saturated heterocycles. The Morgan fingerprint density at radius 2 is 2.12 bits per heavy atom. The van der Waals surface area contributed by atoms with Crippen molar-refractivity contribution < 1.29 is 9.47 Å². The third-order valence-corrected chi connectivity index (χ3v) is 4.92. The van der Waals surface area contributed by atoms with Crippen LogP contribution in [0.4, 0.5) is 11.8 Å². The highest BCUT2D eigenvalue weighted by molar-refractivity contribution is 5.76. The Labute approximate surface area is 154 Å². The molecule has 1 aromatic heterocycles. The molecule has 1 aliphatic rings. The number of nitrogens with one attached hydrogen (secondary N) is 1. The number of likely N-dealkylation sites (tertiary alicyclic amines) is 1. The van der Waals surface area contributed by atoms with Crippen molar-refractivity contribution >= 4 is 11.8 Å². The van der Waals surface area contributed by atoms with Crippen LogP contribution in [0.1, 0.15) is 6.92 Å². The van der Waals surface area contributed by atoms with E-state index in [4.69, 9.17) is 15.2 Å². The van der Waals surface area contributed by atoms with Crippen LogP contribution >= 0.6 is 0 Å². The molecule has 0 bridgehead atoms. The molecule has 0 aliphatic carbocycles. The van der Waals surface area contributed by atoms with E-state index < -0.39 is 0 Å². The van der Waals surface area contributed by atoms with Crippen molar-refractivity contribution in [1.29, 1.82) is 0 Å². The topological polar surface area (TPSA) is 85.5 Å². The second-order valence-electron chi connectivity index (χ2n) is 6.88. The first-order chi connectivity index (χ1) is 12.5. The molecule has 7 heteroatoms. The number of benzene rings is 1. The fourth-order valence-electron chi connectivity index (χ4n) is 3.46. The van der Waals surface area contributed by atoms with Crippen LogP contribution in [0.25, 0.3) is 11.1 Å². The molecule has 0 unspecified atom stereocenters. The molecule has 1 fully saturated rings. The molecule has 0 saturated carbocycles. The van der Waals surface area contributed by atoms with E-state index in [-0.39, 0.29) is 5.95 Å². The zero-order chi connectivity index (χ0) is 18.7. The van der Waals surface area contributed by atoms with Gasteiger partial charge < -0.3 is 25.4 Å². The summed E-state index contributed by atoms with van der Waals surface area (Å²) in [7, 11) is 5.61. The monoisotopic (exact) mass is 357 g/mol. The highest BCUT2D eigenvalue weighted by Gasteiger charge is 2.28. The van der Waals surface area contributed by atoms with Gasteiger partial charge in [0.2, 0.25) is 5.95 Å². The molecule has 2 heterocycles. The molecule has 7 nitrogen and oxygen atoms in total. The van der Waals surface area contributed by atoms with Gasteiger partial charge in [0.1, 0.15) is 5.82 Å². The Morgan fingerprint density at radius 1 is 1.31 bits per heavy atom. The van der Waals surface area contributed by atoms with E-state index in [1.165, 1.54) is 0 Å². The largest absolute Gasteiger partial charge is 0.493 e. The van der Waals surface area contributed by atoms with Crippen LogP contribution in [-0.2, 0) is 0 Å². The minimum Gasteiger partial charge on any atom is -0.493 e. The third-order valence-electron chi connectivity index (χ3n) is 4.92. The average molecular weight is 357 g/mol. The zero-order valence-corrected chi connectivity index (χ0v) is 15.8. The van der Waals surface area contributed by atoms with Crippen LogP contribution in [0.3, 0.4) is 0 Å². The highest BCUT2D eigenvalue weighted by atomic mass is 16.5. The quantitative estimate of drug-likeness (QED) is 0.821. The van der Waals surface area contributed by atoms with Gasteiger partial charge in [-0.25, -0.2) is 4.98 Å². The molecule has 0 radical (unpaired) electrons. The fourth-order valence-corrected chi connectivity index (χ4v) is 3.46. The summed E-state index contributed by atoms with van der Waals surface area (Å²) in [5.41, 5.74) is 7.50. The van der Waals surface area contributed by atoms with Gasteiger partial charge in [-0.05, 0) is 30.7 Å². The first-order valence-corrected chi connectivity index (χ1v) is 8.81. The lowest BCUT2D eigenvalue weighted by Crippen LogP contribution is -2.19. The number of ether oxygens (including phenoxy) is 2. The van der Waals surface area contributed by atoms with Gasteiger partial charge in [-0.2, -0.15) is 4.98 Å². The second kappa shape index (κ2) is 7.78. The van der Waals surface area contributed by atoms with Gasteiger partial charge in [0.15, 0.2) is 11.5 Å². The SMILES string of the molecule is CNc1nc(N)ncc1-c1ccc(OC)c(OC[C@@H]2CN(C)C[C@H]2C)c1. The third kappa shape index (κ3) is 3.83. The number of methoxy groups -OCH3 is 1. The maximum atomic E-state index is 6.15.